The topological polar surface area (TPSA) is 55.1 Å². The predicted octanol–water partition coefficient (Wildman–Crippen LogP) is 0.0546. The number of hydrogen-bond donors (Lipinski definition) is 2. The zero-order valence-corrected chi connectivity index (χ0v) is 6.40. The Morgan fingerprint density at radius 3 is 2.50 bits per heavy atom. The molecule has 1 atom stereocenters. The Bertz CT molecular complexity index is 137. The summed E-state index contributed by atoms with van der Waals surface area (Å²) >= 11 is 0. The number of rotatable bonds is 5. The zero-order valence-electron chi connectivity index (χ0n) is 6.40. The molecule has 0 saturated heterocycles. The van der Waals surface area contributed by atoms with Crippen LogP contribution >= 0.6 is 0 Å². The summed E-state index contributed by atoms with van der Waals surface area (Å²) in [5.41, 5.74) is 5.13. The van der Waals surface area contributed by atoms with Gasteiger partial charge in [-0.1, -0.05) is 0 Å². The Labute approximate surface area is 68.1 Å². The van der Waals surface area contributed by atoms with Gasteiger partial charge in [-0.05, 0) is 13.0 Å². The molecule has 0 aliphatic heterocycles. The predicted molar refractivity (Wildman–Crippen MR) is 37.6 cm³/mol. The number of hydrogen-bond acceptors (Lipinski definition) is 3. The normalized spacial score (nSPS) is 14.3. The first kappa shape index (κ1) is 11.4. The van der Waals surface area contributed by atoms with E-state index in [4.69, 9.17) is 5.73 Å². The van der Waals surface area contributed by atoms with Gasteiger partial charge in [0, 0.05) is 0 Å². The van der Waals surface area contributed by atoms with Crippen molar-refractivity contribution < 1.29 is 18.0 Å². The molecule has 0 aromatic heterocycles. The summed E-state index contributed by atoms with van der Waals surface area (Å²) in [5.74, 6) is 0. The van der Waals surface area contributed by atoms with E-state index in [-0.39, 0.29) is 13.0 Å². The minimum Gasteiger partial charge on any atom is -0.322 e. The molecule has 0 heterocycles. The van der Waals surface area contributed by atoms with Gasteiger partial charge in [-0.3, -0.25) is 0 Å². The highest BCUT2D eigenvalue weighted by atomic mass is 19.4. The lowest BCUT2D eigenvalue weighted by molar-refractivity contribution is -0.124. The van der Waals surface area contributed by atoms with Gasteiger partial charge in [-0.2, -0.15) is 13.2 Å². The Morgan fingerprint density at radius 2 is 2.08 bits per heavy atom. The maximum absolute atomic E-state index is 11.5. The van der Waals surface area contributed by atoms with Crippen LogP contribution in [-0.4, -0.2) is 31.6 Å². The molecule has 0 saturated carbocycles. The summed E-state index contributed by atoms with van der Waals surface area (Å²) in [5, 5.41) is 2.13. The smallest absolute Gasteiger partial charge is 0.322 e. The third kappa shape index (κ3) is 7.49. The summed E-state index contributed by atoms with van der Waals surface area (Å²) in [6.45, 7) is -0.946. The van der Waals surface area contributed by atoms with E-state index >= 15 is 0 Å². The van der Waals surface area contributed by atoms with Crippen molar-refractivity contribution >= 4 is 6.29 Å². The van der Waals surface area contributed by atoms with Crippen LogP contribution in [0.2, 0.25) is 0 Å². The van der Waals surface area contributed by atoms with Gasteiger partial charge < -0.3 is 15.8 Å². The average molecular weight is 184 g/mol. The van der Waals surface area contributed by atoms with E-state index < -0.39 is 18.8 Å². The van der Waals surface area contributed by atoms with Gasteiger partial charge in [0.25, 0.3) is 0 Å². The van der Waals surface area contributed by atoms with Gasteiger partial charge in [0.1, 0.15) is 6.29 Å². The van der Waals surface area contributed by atoms with E-state index in [1.54, 1.807) is 0 Å². The van der Waals surface area contributed by atoms with Crippen LogP contribution in [0.25, 0.3) is 0 Å². The van der Waals surface area contributed by atoms with Crippen molar-refractivity contribution in [1.29, 1.82) is 0 Å². The number of nitrogens with one attached hydrogen (secondary N) is 1. The summed E-state index contributed by atoms with van der Waals surface area (Å²) in [4.78, 5) is 9.92. The lowest BCUT2D eigenvalue weighted by Gasteiger charge is -2.08. The summed E-state index contributed by atoms with van der Waals surface area (Å²) < 4.78 is 34.5. The van der Waals surface area contributed by atoms with Gasteiger partial charge in [0.15, 0.2) is 0 Å². The van der Waals surface area contributed by atoms with Crippen LogP contribution in [0, 0.1) is 0 Å². The average Bonchev–Trinajstić information content (AvgIpc) is 1.96. The van der Waals surface area contributed by atoms with Crippen LogP contribution in [0.1, 0.15) is 6.42 Å². The molecule has 0 bridgehead atoms. The monoisotopic (exact) mass is 184 g/mol. The molecule has 72 valence electrons. The van der Waals surface area contributed by atoms with Crippen LogP contribution in [0.3, 0.4) is 0 Å². The summed E-state index contributed by atoms with van der Waals surface area (Å²) in [6.07, 6.45) is -3.47. The van der Waals surface area contributed by atoms with Gasteiger partial charge in [-0.25, -0.2) is 0 Å². The van der Waals surface area contributed by atoms with Gasteiger partial charge in [-0.15, -0.1) is 0 Å². The van der Waals surface area contributed by atoms with E-state index in [1.165, 1.54) is 0 Å². The van der Waals surface area contributed by atoms with E-state index in [0.29, 0.717) is 6.29 Å². The van der Waals surface area contributed by atoms with Gasteiger partial charge in [0.05, 0.1) is 12.6 Å². The van der Waals surface area contributed by atoms with E-state index in [1.807, 2.05) is 0 Å². The molecule has 1 unspecified atom stereocenters. The largest absolute Gasteiger partial charge is 0.401 e. The number of halogens is 3. The van der Waals surface area contributed by atoms with Gasteiger partial charge >= 0.3 is 6.18 Å². The number of carbonyl (C=O) groups is 1. The lowest BCUT2D eigenvalue weighted by atomic mass is 10.2. The fourth-order valence-electron chi connectivity index (χ4n) is 0.567. The molecule has 0 aliphatic rings. The van der Waals surface area contributed by atoms with Crippen molar-refractivity contribution in [2.75, 3.05) is 13.1 Å². The van der Waals surface area contributed by atoms with Crippen LogP contribution in [0.5, 0.6) is 0 Å². The second-order valence-electron chi connectivity index (χ2n) is 2.38. The van der Waals surface area contributed by atoms with Crippen molar-refractivity contribution in [3.05, 3.63) is 0 Å². The highest BCUT2D eigenvalue weighted by Crippen LogP contribution is 2.11. The molecule has 0 fully saturated rings. The lowest BCUT2D eigenvalue weighted by Crippen LogP contribution is -2.33. The maximum Gasteiger partial charge on any atom is 0.401 e. The molecule has 0 spiro atoms. The number of aldehydes is 1. The first-order valence-corrected chi connectivity index (χ1v) is 3.44. The molecular weight excluding hydrogens is 173 g/mol. The van der Waals surface area contributed by atoms with E-state index in [9.17, 15) is 18.0 Å². The molecule has 3 nitrogen and oxygen atoms in total. The molecule has 0 aromatic rings. The fraction of sp³-hybridized carbons (Fsp3) is 0.833. The molecule has 0 aliphatic carbocycles. The van der Waals surface area contributed by atoms with Gasteiger partial charge in [0.2, 0.25) is 0 Å². The van der Waals surface area contributed by atoms with E-state index in [2.05, 4.69) is 5.32 Å². The Hall–Kier alpha value is -0.620. The van der Waals surface area contributed by atoms with Crippen molar-refractivity contribution in [3.8, 4) is 0 Å². The van der Waals surface area contributed by atoms with Crippen molar-refractivity contribution in [2.45, 2.75) is 18.6 Å². The Kier molecular flexibility index (Phi) is 4.84. The fourth-order valence-corrected chi connectivity index (χ4v) is 0.567. The summed E-state index contributed by atoms with van der Waals surface area (Å²) in [7, 11) is 0. The minimum absolute atomic E-state index is 0.0966. The standard InChI is InChI=1S/C6H11F3N2O/c7-6(8,9)4-11-2-1-5(10)3-12/h3,5,11H,1-2,4,10H2. The molecule has 0 aromatic carbocycles. The third-order valence-electron chi connectivity index (χ3n) is 1.15. The van der Waals surface area contributed by atoms with E-state index in [0.717, 1.165) is 0 Å². The molecular formula is C6H11F3N2O. The molecule has 6 heteroatoms. The molecule has 12 heavy (non-hydrogen) atoms. The second kappa shape index (κ2) is 5.10. The Balaban J connectivity index is 3.27. The highest BCUT2D eigenvalue weighted by Gasteiger charge is 2.25. The second-order valence-corrected chi connectivity index (χ2v) is 2.38. The molecule has 0 amide bonds. The Morgan fingerprint density at radius 1 is 1.50 bits per heavy atom. The van der Waals surface area contributed by atoms with Crippen LogP contribution < -0.4 is 11.1 Å². The molecule has 0 radical (unpaired) electrons. The number of alkyl halides is 3. The van der Waals surface area contributed by atoms with Crippen LogP contribution in [-0.2, 0) is 4.79 Å². The highest BCUT2D eigenvalue weighted by molar-refractivity contribution is 5.56. The van der Waals surface area contributed by atoms with Crippen LogP contribution in [0.4, 0.5) is 13.2 Å². The maximum atomic E-state index is 11.5. The first-order chi connectivity index (χ1) is 5.45. The first-order valence-electron chi connectivity index (χ1n) is 3.44. The molecule has 3 N–H and O–H groups in total. The number of carbonyl (C=O) groups excluding carboxylic acids is 1. The van der Waals surface area contributed by atoms with Crippen LogP contribution in [0.15, 0.2) is 0 Å². The third-order valence-corrected chi connectivity index (χ3v) is 1.15. The van der Waals surface area contributed by atoms with Crippen molar-refractivity contribution in [3.63, 3.8) is 0 Å². The minimum atomic E-state index is -4.20. The van der Waals surface area contributed by atoms with Crippen molar-refractivity contribution in [2.24, 2.45) is 5.73 Å². The number of nitrogens with two attached hydrogens (primary N) is 1. The quantitative estimate of drug-likeness (QED) is 0.469. The zero-order chi connectivity index (χ0) is 9.61. The van der Waals surface area contributed by atoms with Crippen molar-refractivity contribution in [1.82, 2.24) is 5.32 Å². The SMILES string of the molecule is NC(C=O)CCNCC(F)(F)F. The summed E-state index contributed by atoms with van der Waals surface area (Å²) in [6, 6.07) is -0.675. The molecule has 0 rings (SSSR count).